The zero-order chi connectivity index (χ0) is 25.1. The lowest BCUT2D eigenvalue weighted by atomic mass is 10.0. The van der Waals surface area contributed by atoms with E-state index < -0.39 is 36.3 Å². The number of nitrogens with one attached hydrogen (secondary N) is 1. The van der Waals surface area contributed by atoms with E-state index in [0.717, 1.165) is 10.5 Å². The fourth-order valence-electron chi connectivity index (χ4n) is 4.44. The van der Waals surface area contributed by atoms with E-state index in [1.165, 1.54) is 4.90 Å². The number of hydrogen-bond acceptors (Lipinski definition) is 5. The number of aryl methyl sites for hydroxylation is 1. The fraction of sp³-hybridized carbons (Fsp3) is 0.259. The van der Waals surface area contributed by atoms with Gasteiger partial charge in [0.05, 0.1) is 24.4 Å². The summed E-state index contributed by atoms with van der Waals surface area (Å²) >= 11 is 0. The topological polar surface area (TPSA) is 99.8 Å². The van der Waals surface area contributed by atoms with E-state index in [-0.39, 0.29) is 18.8 Å². The standard InChI is InChI=1S/C27H27N3O5/c1-4-35-26(33)22-17(2)23(28-18(22)3)21(31)16-30-25(32)24(20-13-9-6-10-14-20)29(27(30)34)15-19-11-7-5-8-12-19/h5-14,24,28H,4,15-16H2,1-3H3. The number of hydrogen-bond donors (Lipinski definition) is 1. The van der Waals surface area contributed by atoms with Crippen molar-refractivity contribution < 1.29 is 23.9 Å². The van der Waals surface area contributed by atoms with E-state index in [1.807, 2.05) is 48.5 Å². The van der Waals surface area contributed by atoms with E-state index in [0.29, 0.717) is 22.4 Å². The fourth-order valence-corrected chi connectivity index (χ4v) is 4.44. The molecule has 0 saturated carbocycles. The number of rotatable bonds is 8. The molecule has 1 aliphatic rings. The van der Waals surface area contributed by atoms with Crippen LogP contribution in [-0.2, 0) is 16.1 Å². The van der Waals surface area contributed by atoms with Crippen LogP contribution in [0, 0.1) is 13.8 Å². The first-order chi connectivity index (χ1) is 16.8. The second-order valence-corrected chi connectivity index (χ2v) is 8.40. The first-order valence-electron chi connectivity index (χ1n) is 11.4. The zero-order valence-corrected chi connectivity index (χ0v) is 19.9. The van der Waals surface area contributed by atoms with Gasteiger partial charge in [-0.1, -0.05) is 60.7 Å². The number of ether oxygens (including phenoxy) is 1. The molecule has 2 aromatic carbocycles. The lowest BCUT2D eigenvalue weighted by Gasteiger charge is -2.22. The van der Waals surface area contributed by atoms with E-state index in [4.69, 9.17) is 4.74 Å². The van der Waals surface area contributed by atoms with Crippen molar-refractivity contribution in [3.63, 3.8) is 0 Å². The summed E-state index contributed by atoms with van der Waals surface area (Å²) < 4.78 is 5.09. The van der Waals surface area contributed by atoms with Crippen molar-refractivity contribution in [3.8, 4) is 0 Å². The number of H-pyrrole nitrogens is 1. The minimum absolute atomic E-state index is 0.184. The first kappa shape index (κ1) is 23.9. The molecule has 1 fully saturated rings. The molecule has 0 spiro atoms. The SMILES string of the molecule is CCOC(=O)c1c(C)[nH]c(C(=O)CN2C(=O)C(c3ccccc3)N(Cc3ccccc3)C2=O)c1C. The zero-order valence-electron chi connectivity index (χ0n) is 19.9. The number of ketones is 1. The van der Waals surface area contributed by atoms with Crippen LogP contribution in [0.3, 0.4) is 0 Å². The predicted molar refractivity (Wildman–Crippen MR) is 129 cm³/mol. The number of aromatic nitrogens is 1. The second kappa shape index (κ2) is 9.97. The Bertz CT molecular complexity index is 1270. The minimum Gasteiger partial charge on any atom is -0.462 e. The predicted octanol–water partition coefficient (Wildman–Crippen LogP) is 4.20. The third-order valence-corrected chi connectivity index (χ3v) is 6.10. The smallest absolute Gasteiger partial charge is 0.340 e. The first-order valence-corrected chi connectivity index (χ1v) is 11.4. The highest BCUT2D eigenvalue weighted by Crippen LogP contribution is 2.33. The number of Topliss-reactive ketones (excluding diaryl/α,β-unsaturated/α-hetero) is 1. The number of urea groups is 1. The molecule has 1 atom stereocenters. The van der Waals surface area contributed by atoms with Gasteiger partial charge in [0.2, 0.25) is 0 Å². The molecule has 2 heterocycles. The van der Waals surface area contributed by atoms with Crippen LogP contribution < -0.4 is 0 Å². The van der Waals surface area contributed by atoms with E-state index in [2.05, 4.69) is 4.98 Å². The molecule has 3 aromatic rings. The molecule has 1 unspecified atom stereocenters. The number of amides is 3. The van der Waals surface area contributed by atoms with Crippen molar-refractivity contribution in [1.29, 1.82) is 0 Å². The van der Waals surface area contributed by atoms with Gasteiger partial charge >= 0.3 is 12.0 Å². The molecule has 0 bridgehead atoms. The summed E-state index contributed by atoms with van der Waals surface area (Å²) in [5.41, 5.74) is 2.96. The van der Waals surface area contributed by atoms with Gasteiger partial charge in [0, 0.05) is 12.2 Å². The van der Waals surface area contributed by atoms with Crippen LogP contribution >= 0.6 is 0 Å². The van der Waals surface area contributed by atoms with Crippen LogP contribution in [0.2, 0.25) is 0 Å². The highest BCUT2D eigenvalue weighted by Gasteiger charge is 2.46. The molecule has 0 aliphatic carbocycles. The summed E-state index contributed by atoms with van der Waals surface area (Å²) in [6.07, 6.45) is 0. The van der Waals surface area contributed by atoms with Crippen LogP contribution in [0.25, 0.3) is 0 Å². The van der Waals surface area contributed by atoms with Gasteiger partial charge in [-0.15, -0.1) is 0 Å². The maximum atomic E-state index is 13.5. The third kappa shape index (κ3) is 4.59. The summed E-state index contributed by atoms with van der Waals surface area (Å²) in [5.74, 6) is -1.45. The molecule has 1 saturated heterocycles. The maximum absolute atomic E-state index is 13.5. The second-order valence-electron chi connectivity index (χ2n) is 8.40. The molecule has 35 heavy (non-hydrogen) atoms. The lowest BCUT2D eigenvalue weighted by molar-refractivity contribution is -0.128. The largest absolute Gasteiger partial charge is 0.462 e. The van der Waals surface area contributed by atoms with Gasteiger partial charge < -0.3 is 14.6 Å². The average molecular weight is 474 g/mol. The Hall–Kier alpha value is -4.20. The van der Waals surface area contributed by atoms with Gasteiger partial charge in [-0.05, 0) is 37.5 Å². The number of benzene rings is 2. The van der Waals surface area contributed by atoms with E-state index >= 15 is 0 Å². The summed E-state index contributed by atoms with van der Waals surface area (Å²) in [5, 5.41) is 0. The molecule has 3 amide bonds. The number of imide groups is 1. The van der Waals surface area contributed by atoms with Gasteiger partial charge in [-0.2, -0.15) is 0 Å². The number of aromatic amines is 1. The third-order valence-electron chi connectivity index (χ3n) is 6.10. The number of esters is 1. The van der Waals surface area contributed by atoms with Crippen LogP contribution in [0.4, 0.5) is 4.79 Å². The lowest BCUT2D eigenvalue weighted by Crippen LogP contribution is -2.37. The van der Waals surface area contributed by atoms with Gasteiger partial charge in [-0.3, -0.25) is 14.5 Å². The summed E-state index contributed by atoms with van der Waals surface area (Å²) in [6, 6.07) is 17.1. The van der Waals surface area contributed by atoms with Gasteiger partial charge in [0.15, 0.2) is 5.78 Å². The monoisotopic (exact) mass is 473 g/mol. The Kier molecular flexibility index (Phi) is 6.82. The molecule has 1 aromatic heterocycles. The molecule has 1 aliphatic heterocycles. The van der Waals surface area contributed by atoms with Crippen molar-refractivity contribution in [3.05, 3.63) is 94.3 Å². The molecule has 180 valence electrons. The number of carbonyl (C=O) groups excluding carboxylic acids is 4. The van der Waals surface area contributed by atoms with Crippen molar-refractivity contribution in [2.24, 2.45) is 0 Å². The van der Waals surface area contributed by atoms with Crippen molar-refractivity contribution in [2.45, 2.75) is 33.4 Å². The highest BCUT2D eigenvalue weighted by molar-refractivity contribution is 6.10. The summed E-state index contributed by atoms with van der Waals surface area (Å²) in [4.78, 5) is 57.8. The molecular formula is C27H27N3O5. The van der Waals surface area contributed by atoms with E-state index in [9.17, 15) is 19.2 Å². The Balaban J connectivity index is 1.63. The summed E-state index contributed by atoms with van der Waals surface area (Å²) in [7, 11) is 0. The van der Waals surface area contributed by atoms with Crippen molar-refractivity contribution >= 4 is 23.7 Å². The molecule has 8 nitrogen and oxygen atoms in total. The van der Waals surface area contributed by atoms with Gasteiger partial charge in [0.1, 0.15) is 6.04 Å². The minimum atomic E-state index is -0.835. The van der Waals surface area contributed by atoms with Gasteiger partial charge in [0.25, 0.3) is 5.91 Å². The van der Waals surface area contributed by atoms with Crippen LogP contribution in [0.1, 0.15) is 56.2 Å². The number of nitrogens with zero attached hydrogens (tertiary/aromatic N) is 2. The van der Waals surface area contributed by atoms with Crippen LogP contribution in [0.5, 0.6) is 0 Å². The van der Waals surface area contributed by atoms with Gasteiger partial charge in [-0.25, -0.2) is 9.59 Å². The Morgan fingerprint density at radius 2 is 1.60 bits per heavy atom. The molecule has 1 N–H and O–H groups in total. The average Bonchev–Trinajstić information content (AvgIpc) is 3.27. The Morgan fingerprint density at radius 1 is 0.971 bits per heavy atom. The molecule has 8 heteroatoms. The Labute approximate surface area is 203 Å². The van der Waals surface area contributed by atoms with Crippen molar-refractivity contribution in [1.82, 2.24) is 14.8 Å². The quantitative estimate of drug-likeness (QED) is 0.300. The van der Waals surface area contributed by atoms with Crippen LogP contribution in [-0.4, -0.2) is 51.6 Å². The maximum Gasteiger partial charge on any atom is 0.340 e. The molecular weight excluding hydrogens is 446 g/mol. The Morgan fingerprint density at radius 3 is 2.23 bits per heavy atom. The molecule has 0 radical (unpaired) electrons. The summed E-state index contributed by atoms with van der Waals surface area (Å²) in [6.45, 7) is 5.02. The highest BCUT2D eigenvalue weighted by atomic mass is 16.5. The van der Waals surface area contributed by atoms with Crippen molar-refractivity contribution in [2.75, 3.05) is 13.2 Å². The normalized spacial score (nSPS) is 15.6. The number of carbonyl (C=O) groups is 4. The van der Waals surface area contributed by atoms with E-state index in [1.54, 1.807) is 32.9 Å². The molecule has 4 rings (SSSR count). The van der Waals surface area contributed by atoms with Crippen LogP contribution in [0.15, 0.2) is 60.7 Å².